The van der Waals surface area contributed by atoms with E-state index in [0.717, 1.165) is 31.4 Å². The Hall–Kier alpha value is -1.55. The normalized spacial score (nSPS) is 36.3. The fourth-order valence-electron chi connectivity index (χ4n) is 5.43. The third-order valence-electron chi connectivity index (χ3n) is 6.67. The van der Waals surface area contributed by atoms with Gasteiger partial charge in [0, 0.05) is 29.4 Å². The number of ketones is 1. The molecule has 0 spiro atoms. The summed E-state index contributed by atoms with van der Waals surface area (Å²) >= 11 is 0. The Kier molecular flexibility index (Phi) is 3.24. The van der Waals surface area contributed by atoms with Gasteiger partial charge in [0.05, 0.1) is 7.11 Å². The van der Waals surface area contributed by atoms with Crippen LogP contribution in [0.2, 0.25) is 0 Å². The summed E-state index contributed by atoms with van der Waals surface area (Å²) in [5.41, 5.74) is 2.00. The molecule has 2 bridgehead atoms. The molecule has 1 aliphatic heterocycles. The number of phenols is 1. The molecule has 1 saturated carbocycles. The first-order chi connectivity index (χ1) is 11.0. The van der Waals surface area contributed by atoms with Gasteiger partial charge in [-0.3, -0.25) is 4.79 Å². The zero-order chi connectivity index (χ0) is 16.4. The lowest BCUT2D eigenvalue weighted by Gasteiger charge is -2.58. The van der Waals surface area contributed by atoms with Crippen molar-refractivity contribution >= 4 is 5.78 Å². The number of hydrogen-bond acceptors (Lipinski definition) is 4. The first-order valence-corrected chi connectivity index (χ1v) is 8.60. The lowest BCUT2D eigenvalue weighted by atomic mass is 9.50. The van der Waals surface area contributed by atoms with Crippen molar-refractivity contribution in [2.45, 2.75) is 44.1 Å². The van der Waals surface area contributed by atoms with Crippen molar-refractivity contribution in [2.24, 2.45) is 11.8 Å². The number of carbonyl (C=O) groups is 1. The molecule has 1 saturated heterocycles. The molecule has 1 N–H and O–H groups in total. The van der Waals surface area contributed by atoms with Crippen LogP contribution in [0.3, 0.4) is 0 Å². The van der Waals surface area contributed by atoms with Gasteiger partial charge in [-0.2, -0.15) is 0 Å². The molecule has 0 unspecified atom stereocenters. The van der Waals surface area contributed by atoms with Gasteiger partial charge in [0.15, 0.2) is 11.5 Å². The molecule has 23 heavy (non-hydrogen) atoms. The van der Waals surface area contributed by atoms with Crippen LogP contribution < -0.4 is 4.74 Å². The van der Waals surface area contributed by atoms with Gasteiger partial charge in [0.1, 0.15) is 5.78 Å². The Labute approximate surface area is 137 Å². The monoisotopic (exact) mass is 315 g/mol. The van der Waals surface area contributed by atoms with Crippen LogP contribution in [0.4, 0.5) is 0 Å². The number of methoxy groups -OCH3 is 1. The molecule has 4 nitrogen and oxygen atoms in total. The molecule has 4 atom stereocenters. The number of rotatable bonds is 1. The number of hydrogen-bond donors (Lipinski definition) is 1. The first kappa shape index (κ1) is 15.0. The van der Waals surface area contributed by atoms with E-state index in [1.54, 1.807) is 7.11 Å². The summed E-state index contributed by atoms with van der Waals surface area (Å²) in [5.74, 6) is 1.72. The average Bonchev–Trinajstić information content (AvgIpc) is 2.52. The lowest BCUT2D eigenvalue weighted by Crippen LogP contribution is -2.62. The largest absolute Gasteiger partial charge is 0.504 e. The summed E-state index contributed by atoms with van der Waals surface area (Å²) in [6.07, 6.45) is 3.40. The van der Waals surface area contributed by atoms with Crippen molar-refractivity contribution in [1.29, 1.82) is 0 Å². The van der Waals surface area contributed by atoms with Crippen LogP contribution in [-0.4, -0.2) is 42.5 Å². The second-order valence-corrected chi connectivity index (χ2v) is 7.70. The fourth-order valence-corrected chi connectivity index (χ4v) is 5.43. The van der Waals surface area contributed by atoms with Crippen molar-refractivity contribution in [3.8, 4) is 11.5 Å². The Morgan fingerprint density at radius 2 is 2.17 bits per heavy atom. The number of carbonyl (C=O) groups excluding carboxylic acids is 1. The number of piperidine rings is 1. The highest BCUT2D eigenvalue weighted by atomic mass is 16.5. The maximum Gasteiger partial charge on any atom is 0.161 e. The van der Waals surface area contributed by atoms with Crippen molar-refractivity contribution in [3.63, 3.8) is 0 Å². The molecule has 3 aliphatic rings. The second kappa shape index (κ2) is 4.97. The lowest BCUT2D eigenvalue weighted by molar-refractivity contribution is -0.132. The SMILES string of the molecule is COc1ccc2c(c1O)[C@]13CCN(C)[C@@H](C2)[C@H]1C[C@@H](C)C(=O)C3. The highest BCUT2D eigenvalue weighted by Gasteiger charge is 2.57. The van der Waals surface area contributed by atoms with Crippen LogP contribution >= 0.6 is 0 Å². The van der Waals surface area contributed by atoms with Gasteiger partial charge in [0.2, 0.25) is 0 Å². The van der Waals surface area contributed by atoms with Gasteiger partial charge in [-0.1, -0.05) is 13.0 Å². The summed E-state index contributed by atoms with van der Waals surface area (Å²) in [6.45, 7) is 3.05. The van der Waals surface area contributed by atoms with Gasteiger partial charge in [-0.05, 0) is 50.4 Å². The summed E-state index contributed by atoms with van der Waals surface area (Å²) in [7, 11) is 3.79. The van der Waals surface area contributed by atoms with E-state index in [1.807, 2.05) is 6.07 Å². The predicted molar refractivity (Wildman–Crippen MR) is 88.0 cm³/mol. The van der Waals surface area contributed by atoms with Crippen LogP contribution in [0, 0.1) is 11.8 Å². The minimum absolute atomic E-state index is 0.136. The summed E-state index contributed by atoms with van der Waals surface area (Å²) < 4.78 is 5.35. The van der Waals surface area contributed by atoms with Gasteiger partial charge in [-0.15, -0.1) is 0 Å². The predicted octanol–water partition coefficient (Wildman–Crippen LogP) is 2.51. The topological polar surface area (TPSA) is 49.8 Å². The van der Waals surface area contributed by atoms with E-state index in [2.05, 4.69) is 24.9 Å². The Morgan fingerprint density at radius 3 is 2.91 bits per heavy atom. The highest BCUT2D eigenvalue weighted by Crippen LogP contribution is 2.58. The number of phenolic OH excluding ortho intramolecular Hbond substituents is 1. The number of likely N-dealkylation sites (N-methyl/N-ethyl adjacent to an activating group) is 1. The molecule has 4 rings (SSSR count). The summed E-state index contributed by atoms with van der Waals surface area (Å²) in [5, 5.41) is 10.8. The average molecular weight is 315 g/mol. The molecule has 0 amide bonds. The molecule has 1 aromatic carbocycles. The minimum Gasteiger partial charge on any atom is -0.504 e. The maximum absolute atomic E-state index is 12.6. The molecule has 4 heteroatoms. The number of Topliss-reactive ketones (excluding diaryl/α,β-unsaturated/α-hetero) is 1. The number of ether oxygens (including phenoxy) is 1. The van der Waals surface area contributed by atoms with Crippen molar-refractivity contribution < 1.29 is 14.6 Å². The van der Waals surface area contributed by atoms with E-state index in [0.29, 0.717) is 29.9 Å². The van der Waals surface area contributed by atoms with Crippen molar-refractivity contribution in [1.82, 2.24) is 4.90 Å². The van der Waals surface area contributed by atoms with E-state index >= 15 is 0 Å². The van der Waals surface area contributed by atoms with Crippen LogP contribution in [0.15, 0.2) is 12.1 Å². The molecule has 0 aromatic heterocycles. The molecule has 2 aliphatic carbocycles. The summed E-state index contributed by atoms with van der Waals surface area (Å²) in [4.78, 5) is 15.0. The zero-order valence-electron chi connectivity index (χ0n) is 14.1. The van der Waals surface area contributed by atoms with Crippen molar-refractivity contribution in [2.75, 3.05) is 20.7 Å². The zero-order valence-corrected chi connectivity index (χ0v) is 14.1. The van der Waals surface area contributed by atoms with Crippen LogP contribution in [0.25, 0.3) is 0 Å². The molecule has 0 radical (unpaired) electrons. The molecule has 1 aromatic rings. The number of likely N-dealkylation sites (tertiary alicyclic amines) is 1. The van der Waals surface area contributed by atoms with Gasteiger partial charge >= 0.3 is 0 Å². The second-order valence-electron chi connectivity index (χ2n) is 7.70. The number of aromatic hydroxyl groups is 1. The third-order valence-corrected chi connectivity index (χ3v) is 6.67. The van der Waals surface area contributed by atoms with Gasteiger partial charge in [0.25, 0.3) is 0 Å². The number of fused-ring (bicyclic) bond motifs is 1. The Bertz CT molecular complexity index is 671. The smallest absolute Gasteiger partial charge is 0.161 e. The molecule has 1 heterocycles. The number of benzene rings is 1. The first-order valence-electron chi connectivity index (χ1n) is 8.60. The van der Waals surface area contributed by atoms with E-state index in [9.17, 15) is 9.90 Å². The Morgan fingerprint density at radius 1 is 1.39 bits per heavy atom. The standard InChI is InChI=1S/C19H25NO3/c1-11-8-13-14-9-12-4-5-16(23-3)18(22)17(12)19(13,10-15(11)21)6-7-20(14)2/h4-5,11,13-14,22H,6-10H2,1-3H3/t11-,13-,14+,19+/m1/s1. The third kappa shape index (κ3) is 1.90. The highest BCUT2D eigenvalue weighted by molar-refractivity contribution is 5.84. The fraction of sp³-hybridized carbons (Fsp3) is 0.632. The van der Waals surface area contributed by atoms with E-state index < -0.39 is 0 Å². The number of nitrogens with zero attached hydrogens (tertiary/aromatic N) is 1. The summed E-state index contributed by atoms with van der Waals surface area (Å²) in [6, 6.07) is 4.41. The molecular weight excluding hydrogens is 290 g/mol. The van der Waals surface area contributed by atoms with Crippen LogP contribution in [0.5, 0.6) is 11.5 Å². The minimum atomic E-state index is -0.201. The molecule has 2 fully saturated rings. The van der Waals surface area contributed by atoms with Gasteiger partial charge < -0.3 is 14.7 Å². The van der Waals surface area contributed by atoms with Crippen molar-refractivity contribution in [3.05, 3.63) is 23.3 Å². The van der Waals surface area contributed by atoms with E-state index in [-0.39, 0.29) is 17.1 Å². The molecule has 124 valence electrons. The van der Waals surface area contributed by atoms with Crippen LogP contribution in [-0.2, 0) is 16.6 Å². The van der Waals surface area contributed by atoms with Crippen LogP contribution in [0.1, 0.15) is 37.3 Å². The van der Waals surface area contributed by atoms with E-state index in [1.165, 1.54) is 5.56 Å². The quantitative estimate of drug-likeness (QED) is 0.865. The van der Waals surface area contributed by atoms with E-state index in [4.69, 9.17) is 4.74 Å². The Balaban J connectivity index is 1.94. The van der Waals surface area contributed by atoms with Gasteiger partial charge in [-0.25, -0.2) is 0 Å². The molecular formula is C19H25NO3. The maximum atomic E-state index is 12.6.